The van der Waals surface area contributed by atoms with Crippen LogP contribution in [0.4, 0.5) is 0 Å². The Bertz CT molecular complexity index is 692. The van der Waals surface area contributed by atoms with Gasteiger partial charge in [-0.2, -0.15) is 0 Å². The van der Waals surface area contributed by atoms with Crippen LogP contribution in [0.1, 0.15) is 35.1 Å². The van der Waals surface area contributed by atoms with Crippen molar-refractivity contribution >= 4 is 5.91 Å². The molecule has 1 aliphatic rings. The normalized spacial score (nSPS) is 18.0. The monoisotopic (exact) mass is 288 g/mol. The minimum atomic E-state index is -0.299. The van der Waals surface area contributed by atoms with Gasteiger partial charge in [-0.1, -0.05) is 0 Å². The van der Waals surface area contributed by atoms with Crippen LogP contribution in [0.2, 0.25) is 0 Å². The first kappa shape index (κ1) is 13.4. The summed E-state index contributed by atoms with van der Waals surface area (Å²) >= 11 is 0. The van der Waals surface area contributed by atoms with Crippen LogP contribution in [-0.4, -0.2) is 39.4 Å². The third kappa shape index (κ3) is 2.42. The van der Waals surface area contributed by atoms with E-state index in [-0.39, 0.29) is 23.3 Å². The number of amides is 1. The van der Waals surface area contributed by atoms with Gasteiger partial charge in [-0.3, -0.25) is 9.59 Å². The Labute approximate surface area is 121 Å². The molecule has 2 aromatic rings. The zero-order valence-electron chi connectivity index (χ0n) is 11.6. The molecule has 0 aromatic carbocycles. The molecule has 1 fully saturated rings. The number of carbonyl (C=O) groups is 1. The number of nitrogens with zero attached hydrogens (tertiary/aromatic N) is 2. The van der Waals surface area contributed by atoms with Gasteiger partial charge in [0.2, 0.25) is 0 Å². The first-order chi connectivity index (χ1) is 10.2. The summed E-state index contributed by atoms with van der Waals surface area (Å²) in [7, 11) is 1.44. The highest BCUT2D eigenvalue weighted by Crippen LogP contribution is 2.32. The van der Waals surface area contributed by atoms with E-state index in [4.69, 9.17) is 4.74 Å². The highest BCUT2D eigenvalue weighted by molar-refractivity contribution is 5.97. The minimum Gasteiger partial charge on any atom is -0.496 e. The number of imidazole rings is 1. The number of pyridine rings is 1. The molecule has 0 saturated carbocycles. The fourth-order valence-electron chi connectivity index (χ4n) is 2.70. The van der Waals surface area contributed by atoms with E-state index in [2.05, 4.69) is 15.0 Å². The SMILES string of the molecule is COc1cc(=O)[nH]cc1C(=O)N1CCCC1c1ncc[nH]1. The average molecular weight is 288 g/mol. The van der Waals surface area contributed by atoms with Crippen molar-refractivity contribution < 1.29 is 9.53 Å². The molecule has 7 heteroatoms. The van der Waals surface area contributed by atoms with Crippen LogP contribution in [0.25, 0.3) is 0 Å². The summed E-state index contributed by atoms with van der Waals surface area (Å²) in [6.07, 6.45) is 6.61. The molecule has 2 N–H and O–H groups in total. The lowest BCUT2D eigenvalue weighted by molar-refractivity contribution is 0.0726. The Balaban J connectivity index is 1.93. The maximum Gasteiger partial charge on any atom is 0.259 e. The van der Waals surface area contributed by atoms with Crippen molar-refractivity contribution in [1.29, 1.82) is 0 Å². The number of methoxy groups -OCH3 is 1. The number of hydrogen-bond donors (Lipinski definition) is 2. The first-order valence-corrected chi connectivity index (χ1v) is 6.77. The van der Waals surface area contributed by atoms with Crippen molar-refractivity contribution in [1.82, 2.24) is 19.9 Å². The molecule has 21 heavy (non-hydrogen) atoms. The molecule has 0 spiro atoms. The van der Waals surface area contributed by atoms with Gasteiger partial charge in [-0.25, -0.2) is 4.98 Å². The number of aromatic amines is 2. The predicted octanol–water partition coefficient (Wildman–Crippen LogP) is 1.08. The molecule has 1 atom stereocenters. The summed E-state index contributed by atoms with van der Waals surface area (Å²) in [5.74, 6) is 0.903. The van der Waals surface area contributed by atoms with Crippen LogP contribution >= 0.6 is 0 Å². The van der Waals surface area contributed by atoms with Crippen molar-refractivity contribution in [2.24, 2.45) is 0 Å². The van der Waals surface area contributed by atoms with Crippen LogP contribution in [0.5, 0.6) is 5.75 Å². The fourth-order valence-corrected chi connectivity index (χ4v) is 2.70. The van der Waals surface area contributed by atoms with Gasteiger partial charge < -0.3 is 19.6 Å². The summed E-state index contributed by atoms with van der Waals surface area (Å²) in [6.45, 7) is 0.659. The number of aromatic nitrogens is 3. The summed E-state index contributed by atoms with van der Waals surface area (Å²) in [4.78, 5) is 35.6. The number of likely N-dealkylation sites (tertiary alicyclic amines) is 1. The second-order valence-corrected chi connectivity index (χ2v) is 4.91. The van der Waals surface area contributed by atoms with Gasteiger partial charge in [-0.15, -0.1) is 0 Å². The lowest BCUT2D eigenvalue weighted by Gasteiger charge is -2.23. The number of H-pyrrole nitrogens is 2. The van der Waals surface area contributed by atoms with Crippen LogP contribution in [0.15, 0.2) is 29.5 Å². The van der Waals surface area contributed by atoms with E-state index in [9.17, 15) is 9.59 Å². The molecule has 0 aliphatic carbocycles. The molecular weight excluding hydrogens is 272 g/mol. The molecule has 1 amide bonds. The number of nitrogens with one attached hydrogen (secondary N) is 2. The standard InChI is InChI=1S/C14H16N4O3/c1-21-11-7-12(19)17-8-9(11)14(20)18-6-2-3-10(18)13-15-4-5-16-13/h4-5,7-8,10H,2-3,6H2,1H3,(H,15,16)(H,17,19). The lowest BCUT2D eigenvalue weighted by Crippen LogP contribution is -2.32. The molecular formula is C14H16N4O3. The smallest absolute Gasteiger partial charge is 0.259 e. The average Bonchev–Trinajstić information content (AvgIpc) is 3.16. The Kier molecular flexibility index (Phi) is 3.47. The van der Waals surface area contributed by atoms with Crippen molar-refractivity contribution in [3.8, 4) is 5.75 Å². The molecule has 0 radical (unpaired) electrons. The molecule has 3 heterocycles. The minimum absolute atomic E-state index is 0.0656. The van der Waals surface area contributed by atoms with Crippen molar-refractivity contribution in [3.63, 3.8) is 0 Å². The van der Waals surface area contributed by atoms with Crippen molar-refractivity contribution in [2.45, 2.75) is 18.9 Å². The van der Waals surface area contributed by atoms with Crippen LogP contribution in [-0.2, 0) is 0 Å². The van der Waals surface area contributed by atoms with E-state index in [0.717, 1.165) is 18.7 Å². The highest BCUT2D eigenvalue weighted by atomic mass is 16.5. The van der Waals surface area contributed by atoms with E-state index in [0.29, 0.717) is 12.1 Å². The second kappa shape index (κ2) is 5.43. The molecule has 1 unspecified atom stereocenters. The largest absolute Gasteiger partial charge is 0.496 e. The zero-order chi connectivity index (χ0) is 14.8. The van der Waals surface area contributed by atoms with E-state index in [1.165, 1.54) is 19.4 Å². The quantitative estimate of drug-likeness (QED) is 0.884. The van der Waals surface area contributed by atoms with Gasteiger partial charge >= 0.3 is 0 Å². The fraction of sp³-hybridized carbons (Fsp3) is 0.357. The first-order valence-electron chi connectivity index (χ1n) is 6.77. The third-order valence-corrected chi connectivity index (χ3v) is 3.69. The topological polar surface area (TPSA) is 91.1 Å². The maximum atomic E-state index is 12.7. The molecule has 7 nitrogen and oxygen atoms in total. The van der Waals surface area contributed by atoms with Crippen LogP contribution in [0.3, 0.4) is 0 Å². The van der Waals surface area contributed by atoms with Gasteiger partial charge in [0, 0.05) is 31.2 Å². The van der Waals surface area contributed by atoms with Gasteiger partial charge in [0.25, 0.3) is 11.5 Å². The highest BCUT2D eigenvalue weighted by Gasteiger charge is 2.33. The van der Waals surface area contributed by atoms with Gasteiger partial charge in [-0.05, 0) is 12.8 Å². The van der Waals surface area contributed by atoms with E-state index in [1.807, 2.05) is 0 Å². The predicted molar refractivity (Wildman–Crippen MR) is 75.2 cm³/mol. The summed E-state index contributed by atoms with van der Waals surface area (Å²) in [5.41, 5.74) is 0.0583. The molecule has 1 saturated heterocycles. The summed E-state index contributed by atoms with van der Waals surface area (Å²) in [5, 5.41) is 0. The maximum absolute atomic E-state index is 12.7. The summed E-state index contributed by atoms with van der Waals surface area (Å²) in [6, 6.07) is 1.22. The van der Waals surface area contributed by atoms with Crippen LogP contribution in [0, 0.1) is 0 Å². The second-order valence-electron chi connectivity index (χ2n) is 4.91. The summed E-state index contributed by atoms with van der Waals surface area (Å²) < 4.78 is 5.14. The number of hydrogen-bond acceptors (Lipinski definition) is 4. The van der Waals surface area contributed by atoms with Gasteiger partial charge in [0.15, 0.2) is 0 Å². The van der Waals surface area contributed by atoms with E-state index < -0.39 is 0 Å². The molecule has 0 bridgehead atoms. The van der Waals surface area contributed by atoms with E-state index in [1.54, 1.807) is 17.3 Å². The van der Waals surface area contributed by atoms with Gasteiger partial charge in [0.1, 0.15) is 11.6 Å². The van der Waals surface area contributed by atoms with Crippen molar-refractivity contribution in [3.05, 3.63) is 46.4 Å². The third-order valence-electron chi connectivity index (χ3n) is 3.69. The molecule has 2 aromatic heterocycles. The van der Waals surface area contributed by atoms with E-state index >= 15 is 0 Å². The number of rotatable bonds is 3. The zero-order valence-corrected chi connectivity index (χ0v) is 11.6. The lowest BCUT2D eigenvalue weighted by atomic mass is 10.1. The van der Waals surface area contributed by atoms with Crippen LogP contribution < -0.4 is 10.3 Å². The number of ether oxygens (including phenoxy) is 1. The molecule has 1 aliphatic heterocycles. The number of carbonyl (C=O) groups excluding carboxylic acids is 1. The Morgan fingerprint density at radius 2 is 2.33 bits per heavy atom. The Morgan fingerprint density at radius 1 is 1.48 bits per heavy atom. The Hall–Kier alpha value is -2.57. The molecule has 3 rings (SSSR count). The molecule has 110 valence electrons. The Morgan fingerprint density at radius 3 is 3.05 bits per heavy atom. The van der Waals surface area contributed by atoms with Crippen molar-refractivity contribution in [2.75, 3.05) is 13.7 Å². The van der Waals surface area contributed by atoms with Gasteiger partial charge in [0.05, 0.1) is 18.7 Å².